The van der Waals surface area contributed by atoms with Crippen LogP contribution in [0.3, 0.4) is 0 Å². The molecule has 2 aromatic carbocycles. The van der Waals surface area contributed by atoms with Crippen molar-refractivity contribution >= 4 is 10.0 Å². The Kier molecular flexibility index (Phi) is 6.63. The first-order valence-corrected chi connectivity index (χ1v) is 9.71. The Labute approximate surface area is 155 Å². The van der Waals surface area contributed by atoms with Crippen LogP contribution in [0.15, 0.2) is 47.4 Å². The predicted molar refractivity (Wildman–Crippen MR) is 102 cm³/mol. The van der Waals surface area contributed by atoms with Crippen molar-refractivity contribution in [3.63, 3.8) is 0 Å². The standard InChI is InChI=1S/C19H26N2O4S/c1-14-6-8-15(9-7-14)17(21(2)3)13-20-26(22,23)19-12-16(24-4)10-11-18(19)25-5/h6-12,17,20H,13H2,1-5H3. The maximum Gasteiger partial charge on any atom is 0.244 e. The van der Waals surface area contributed by atoms with Gasteiger partial charge in [0.1, 0.15) is 16.4 Å². The van der Waals surface area contributed by atoms with Crippen LogP contribution in [0.2, 0.25) is 0 Å². The zero-order valence-corrected chi connectivity index (χ0v) is 16.6. The second-order valence-corrected chi connectivity index (χ2v) is 7.99. The van der Waals surface area contributed by atoms with Gasteiger partial charge in [-0.15, -0.1) is 0 Å². The predicted octanol–water partition coefficient (Wildman–Crippen LogP) is 2.59. The second kappa shape index (κ2) is 8.53. The first-order chi connectivity index (χ1) is 12.3. The van der Waals surface area contributed by atoms with Crippen LogP contribution in [-0.4, -0.2) is 48.2 Å². The van der Waals surface area contributed by atoms with Gasteiger partial charge < -0.3 is 14.4 Å². The van der Waals surface area contributed by atoms with Crippen LogP contribution in [0.5, 0.6) is 11.5 Å². The van der Waals surface area contributed by atoms with E-state index in [-0.39, 0.29) is 23.2 Å². The number of rotatable bonds is 8. The van der Waals surface area contributed by atoms with Crippen LogP contribution in [0.1, 0.15) is 17.2 Å². The summed E-state index contributed by atoms with van der Waals surface area (Å²) in [5.41, 5.74) is 2.20. The quantitative estimate of drug-likeness (QED) is 0.765. The van der Waals surface area contributed by atoms with Crippen LogP contribution in [0.4, 0.5) is 0 Å². The smallest absolute Gasteiger partial charge is 0.244 e. The topological polar surface area (TPSA) is 67.9 Å². The van der Waals surface area contributed by atoms with E-state index in [0.717, 1.165) is 11.1 Å². The molecule has 0 aromatic heterocycles. The summed E-state index contributed by atoms with van der Waals surface area (Å²) in [6.07, 6.45) is 0. The second-order valence-electron chi connectivity index (χ2n) is 6.26. The van der Waals surface area contributed by atoms with Crippen LogP contribution >= 0.6 is 0 Å². The number of benzene rings is 2. The molecule has 0 saturated heterocycles. The van der Waals surface area contributed by atoms with Crippen LogP contribution in [-0.2, 0) is 10.0 Å². The normalized spacial score (nSPS) is 12.8. The molecule has 1 unspecified atom stereocenters. The fraction of sp³-hybridized carbons (Fsp3) is 0.368. The van der Waals surface area contributed by atoms with Crippen molar-refractivity contribution in [1.29, 1.82) is 0 Å². The summed E-state index contributed by atoms with van der Waals surface area (Å²) in [7, 11) is 3.01. The van der Waals surface area contributed by atoms with E-state index < -0.39 is 10.0 Å². The largest absolute Gasteiger partial charge is 0.497 e. The molecule has 2 rings (SSSR count). The number of methoxy groups -OCH3 is 2. The van der Waals surface area contributed by atoms with Crippen molar-refractivity contribution in [3.8, 4) is 11.5 Å². The van der Waals surface area contributed by atoms with Gasteiger partial charge in [0, 0.05) is 18.7 Å². The third kappa shape index (κ3) is 4.75. The summed E-state index contributed by atoms with van der Waals surface area (Å²) in [4.78, 5) is 2.04. The molecule has 0 aliphatic carbocycles. The van der Waals surface area contributed by atoms with Crippen molar-refractivity contribution in [2.75, 3.05) is 34.9 Å². The van der Waals surface area contributed by atoms with E-state index in [2.05, 4.69) is 4.72 Å². The third-order valence-corrected chi connectivity index (χ3v) is 5.66. The first-order valence-electron chi connectivity index (χ1n) is 8.23. The molecule has 0 spiro atoms. The van der Waals surface area contributed by atoms with Gasteiger partial charge in [-0.25, -0.2) is 13.1 Å². The molecule has 7 heteroatoms. The zero-order chi connectivity index (χ0) is 19.3. The zero-order valence-electron chi connectivity index (χ0n) is 15.8. The lowest BCUT2D eigenvalue weighted by Crippen LogP contribution is -2.34. The highest BCUT2D eigenvalue weighted by atomic mass is 32.2. The summed E-state index contributed by atoms with van der Waals surface area (Å²) in [6.45, 7) is 2.25. The van der Waals surface area contributed by atoms with Gasteiger partial charge in [0.05, 0.1) is 14.2 Å². The molecule has 1 N–H and O–H groups in total. The Hall–Kier alpha value is -2.09. The van der Waals surface area contributed by atoms with Gasteiger partial charge in [-0.3, -0.25) is 0 Å². The molecule has 2 aromatic rings. The Balaban J connectivity index is 2.26. The van der Waals surface area contributed by atoms with E-state index in [4.69, 9.17) is 9.47 Å². The van der Waals surface area contributed by atoms with E-state index >= 15 is 0 Å². The van der Waals surface area contributed by atoms with E-state index in [9.17, 15) is 8.42 Å². The number of sulfonamides is 1. The molecule has 26 heavy (non-hydrogen) atoms. The molecular weight excluding hydrogens is 352 g/mol. The summed E-state index contributed by atoms with van der Waals surface area (Å²) < 4.78 is 38.7. The van der Waals surface area contributed by atoms with Crippen LogP contribution in [0.25, 0.3) is 0 Å². The molecule has 0 aliphatic heterocycles. The van der Waals surface area contributed by atoms with Gasteiger partial charge in [-0.2, -0.15) is 0 Å². The lowest BCUT2D eigenvalue weighted by molar-refractivity contribution is 0.299. The summed E-state index contributed by atoms with van der Waals surface area (Å²) >= 11 is 0. The minimum Gasteiger partial charge on any atom is -0.497 e. The molecule has 0 aliphatic rings. The Bertz CT molecular complexity index is 833. The van der Waals surface area contributed by atoms with Gasteiger partial charge in [0.25, 0.3) is 0 Å². The fourth-order valence-electron chi connectivity index (χ4n) is 2.65. The molecule has 142 valence electrons. The third-order valence-electron chi connectivity index (χ3n) is 4.21. The number of ether oxygens (including phenoxy) is 2. The fourth-order valence-corrected chi connectivity index (χ4v) is 3.87. The monoisotopic (exact) mass is 378 g/mol. The molecule has 6 nitrogen and oxygen atoms in total. The van der Waals surface area contributed by atoms with Crippen molar-refractivity contribution < 1.29 is 17.9 Å². The number of hydrogen-bond donors (Lipinski definition) is 1. The maximum absolute atomic E-state index is 12.8. The number of likely N-dealkylation sites (N-methyl/N-ethyl adjacent to an activating group) is 1. The lowest BCUT2D eigenvalue weighted by Gasteiger charge is -2.25. The Morgan fingerprint density at radius 3 is 2.23 bits per heavy atom. The van der Waals surface area contributed by atoms with Gasteiger partial charge >= 0.3 is 0 Å². The van der Waals surface area contributed by atoms with Crippen molar-refractivity contribution in [2.24, 2.45) is 0 Å². The van der Waals surface area contributed by atoms with Crippen LogP contribution < -0.4 is 14.2 Å². The van der Waals surface area contributed by atoms with Crippen molar-refractivity contribution in [1.82, 2.24) is 9.62 Å². The molecule has 0 amide bonds. The highest BCUT2D eigenvalue weighted by Gasteiger charge is 2.23. The molecule has 0 heterocycles. The number of nitrogens with zero attached hydrogens (tertiary/aromatic N) is 1. The van der Waals surface area contributed by atoms with E-state index in [0.29, 0.717) is 5.75 Å². The average molecular weight is 378 g/mol. The highest BCUT2D eigenvalue weighted by molar-refractivity contribution is 7.89. The molecular formula is C19H26N2O4S. The molecule has 0 bridgehead atoms. The first kappa shape index (κ1) is 20.2. The number of aryl methyl sites for hydroxylation is 1. The lowest BCUT2D eigenvalue weighted by atomic mass is 10.0. The molecule has 0 radical (unpaired) electrons. The van der Waals surface area contributed by atoms with E-state index in [1.165, 1.54) is 20.3 Å². The molecule has 0 saturated carbocycles. The highest BCUT2D eigenvalue weighted by Crippen LogP contribution is 2.28. The summed E-state index contributed by atoms with van der Waals surface area (Å²) in [6, 6.07) is 12.7. The van der Waals surface area contributed by atoms with E-state index in [1.54, 1.807) is 12.1 Å². The minimum absolute atomic E-state index is 0.0563. The van der Waals surface area contributed by atoms with Crippen molar-refractivity contribution in [3.05, 3.63) is 53.6 Å². The van der Waals surface area contributed by atoms with Gasteiger partial charge in [0.2, 0.25) is 10.0 Å². The maximum atomic E-state index is 12.8. The molecule has 0 fully saturated rings. The van der Waals surface area contributed by atoms with Gasteiger partial charge in [-0.1, -0.05) is 29.8 Å². The van der Waals surface area contributed by atoms with Gasteiger partial charge in [-0.05, 0) is 38.7 Å². The number of nitrogens with one attached hydrogen (secondary N) is 1. The Morgan fingerprint density at radius 1 is 1.04 bits per heavy atom. The van der Waals surface area contributed by atoms with Gasteiger partial charge in [0.15, 0.2) is 0 Å². The number of hydrogen-bond acceptors (Lipinski definition) is 5. The Morgan fingerprint density at radius 2 is 1.69 bits per heavy atom. The molecule has 1 atom stereocenters. The van der Waals surface area contributed by atoms with Crippen LogP contribution in [0, 0.1) is 6.92 Å². The average Bonchev–Trinajstić information content (AvgIpc) is 2.62. The minimum atomic E-state index is -3.76. The van der Waals surface area contributed by atoms with E-state index in [1.807, 2.05) is 50.2 Å². The SMILES string of the molecule is COc1ccc(OC)c(S(=O)(=O)NCC(c2ccc(C)cc2)N(C)C)c1. The summed E-state index contributed by atoms with van der Waals surface area (Å²) in [5, 5.41) is 0. The van der Waals surface area contributed by atoms with Crippen molar-refractivity contribution in [2.45, 2.75) is 17.9 Å². The summed E-state index contributed by atoms with van der Waals surface area (Å²) in [5.74, 6) is 0.726.